The van der Waals surface area contributed by atoms with Crippen LogP contribution in [-0.2, 0) is 22.6 Å². The van der Waals surface area contributed by atoms with Gasteiger partial charge < -0.3 is 10.0 Å². The van der Waals surface area contributed by atoms with E-state index >= 15 is 0 Å². The molecular formula is C27H25NO3. The van der Waals surface area contributed by atoms with E-state index in [-0.39, 0.29) is 17.9 Å². The molecule has 1 aliphatic rings. The van der Waals surface area contributed by atoms with Crippen molar-refractivity contribution in [1.29, 1.82) is 0 Å². The molecule has 1 aliphatic heterocycles. The Balaban J connectivity index is 1.85. The van der Waals surface area contributed by atoms with Crippen molar-refractivity contribution in [3.05, 3.63) is 112 Å². The van der Waals surface area contributed by atoms with Crippen LogP contribution in [0.15, 0.2) is 84.4 Å². The summed E-state index contributed by atoms with van der Waals surface area (Å²) in [7, 11) is 0. The first-order chi connectivity index (χ1) is 15.0. The summed E-state index contributed by atoms with van der Waals surface area (Å²) < 4.78 is 0. The van der Waals surface area contributed by atoms with Crippen LogP contribution in [0.3, 0.4) is 0 Å². The fourth-order valence-electron chi connectivity index (χ4n) is 3.97. The van der Waals surface area contributed by atoms with E-state index < -0.39 is 17.7 Å². The molecule has 1 N–H and O–H groups in total. The molecule has 3 aromatic carbocycles. The molecule has 0 aliphatic carbocycles. The summed E-state index contributed by atoms with van der Waals surface area (Å²) >= 11 is 0. The summed E-state index contributed by atoms with van der Waals surface area (Å²) in [5, 5.41) is 11.1. The summed E-state index contributed by atoms with van der Waals surface area (Å²) in [6.45, 7) is 4.32. The highest BCUT2D eigenvalue weighted by molar-refractivity contribution is 6.46. The third-order valence-electron chi connectivity index (χ3n) is 5.76. The maximum atomic E-state index is 13.1. The van der Waals surface area contributed by atoms with E-state index in [1.807, 2.05) is 73.7 Å². The molecular weight excluding hydrogens is 386 g/mol. The molecule has 0 aromatic heterocycles. The van der Waals surface area contributed by atoms with Crippen LogP contribution in [0, 0.1) is 6.92 Å². The molecule has 4 nitrogen and oxygen atoms in total. The first kappa shape index (κ1) is 20.6. The summed E-state index contributed by atoms with van der Waals surface area (Å²) in [4.78, 5) is 27.7. The molecule has 1 heterocycles. The van der Waals surface area contributed by atoms with Crippen LogP contribution in [0.2, 0.25) is 0 Å². The number of aliphatic hydroxyl groups is 1. The Kier molecular flexibility index (Phi) is 5.72. The van der Waals surface area contributed by atoms with E-state index in [1.165, 1.54) is 5.56 Å². The van der Waals surface area contributed by atoms with Crippen molar-refractivity contribution < 1.29 is 14.7 Å². The van der Waals surface area contributed by atoms with E-state index in [9.17, 15) is 14.7 Å². The number of hydrogen-bond acceptors (Lipinski definition) is 3. The van der Waals surface area contributed by atoms with Crippen molar-refractivity contribution in [1.82, 2.24) is 4.90 Å². The lowest BCUT2D eigenvalue weighted by Crippen LogP contribution is -2.29. The van der Waals surface area contributed by atoms with Crippen LogP contribution in [-0.4, -0.2) is 21.7 Å². The molecule has 4 rings (SSSR count). The van der Waals surface area contributed by atoms with Crippen LogP contribution in [0.1, 0.15) is 40.8 Å². The fourth-order valence-corrected chi connectivity index (χ4v) is 3.97. The Morgan fingerprint density at radius 2 is 1.52 bits per heavy atom. The summed E-state index contributed by atoms with van der Waals surface area (Å²) in [5.74, 6) is -1.39. The predicted molar refractivity (Wildman–Crippen MR) is 121 cm³/mol. The number of hydrogen-bond donors (Lipinski definition) is 1. The molecule has 1 atom stereocenters. The predicted octanol–water partition coefficient (Wildman–Crippen LogP) is 5.18. The van der Waals surface area contributed by atoms with E-state index in [4.69, 9.17) is 0 Å². The second kappa shape index (κ2) is 8.60. The summed E-state index contributed by atoms with van der Waals surface area (Å²) in [5.41, 5.74) is 4.61. The largest absolute Gasteiger partial charge is 0.507 e. The molecule has 4 heteroatoms. The topological polar surface area (TPSA) is 57.6 Å². The Bertz CT molecular complexity index is 1130. The van der Waals surface area contributed by atoms with Gasteiger partial charge in [-0.3, -0.25) is 9.59 Å². The zero-order valence-corrected chi connectivity index (χ0v) is 17.7. The highest BCUT2D eigenvalue weighted by Gasteiger charge is 2.46. The third kappa shape index (κ3) is 4.02. The Morgan fingerprint density at radius 1 is 0.871 bits per heavy atom. The van der Waals surface area contributed by atoms with E-state index in [1.54, 1.807) is 17.0 Å². The average molecular weight is 412 g/mol. The number of carbonyl (C=O) groups is 2. The van der Waals surface area contributed by atoms with Crippen molar-refractivity contribution in [3.8, 4) is 0 Å². The van der Waals surface area contributed by atoms with Crippen molar-refractivity contribution in [3.63, 3.8) is 0 Å². The minimum atomic E-state index is -0.654. The van der Waals surface area contributed by atoms with Crippen LogP contribution in [0.5, 0.6) is 0 Å². The van der Waals surface area contributed by atoms with Crippen LogP contribution >= 0.6 is 0 Å². The zero-order valence-electron chi connectivity index (χ0n) is 17.7. The van der Waals surface area contributed by atoms with Gasteiger partial charge in [0.05, 0.1) is 11.6 Å². The highest BCUT2D eigenvalue weighted by atomic mass is 16.3. The minimum Gasteiger partial charge on any atom is -0.507 e. The lowest BCUT2D eigenvalue weighted by atomic mass is 9.94. The fraction of sp³-hybridized carbons (Fsp3) is 0.185. The van der Waals surface area contributed by atoms with E-state index in [0.717, 1.165) is 23.1 Å². The number of Topliss-reactive ketones (excluding diaryl/α,β-unsaturated/α-hetero) is 1. The molecule has 0 bridgehead atoms. The summed E-state index contributed by atoms with van der Waals surface area (Å²) in [6, 6.07) is 24.1. The quantitative estimate of drug-likeness (QED) is 0.358. The number of likely N-dealkylation sites (tertiary alicyclic amines) is 1. The lowest BCUT2D eigenvalue weighted by Gasteiger charge is -2.25. The van der Waals surface area contributed by atoms with Gasteiger partial charge in [0.25, 0.3) is 11.7 Å². The number of aryl methyl sites for hydroxylation is 2. The molecule has 0 saturated carbocycles. The number of carbonyl (C=O) groups excluding carboxylic acids is 2. The number of amides is 1. The Morgan fingerprint density at radius 3 is 2.13 bits per heavy atom. The van der Waals surface area contributed by atoms with Crippen LogP contribution in [0.25, 0.3) is 5.76 Å². The molecule has 0 spiro atoms. The Hall–Kier alpha value is -3.66. The second-order valence-electron chi connectivity index (χ2n) is 7.87. The van der Waals surface area contributed by atoms with Crippen molar-refractivity contribution in [2.75, 3.05) is 0 Å². The van der Waals surface area contributed by atoms with Crippen LogP contribution < -0.4 is 0 Å². The van der Waals surface area contributed by atoms with Gasteiger partial charge in [-0.25, -0.2) is 0 Å². The molecule has 1 amide bonds. The van der Waals surface area contributed by atoms with Gasteiger partial charge in [-0.1, -0.05) is 91.3 Å². The monoisotopic (exact) mass is 411 g/mol. The third-order valence-corrected chi connectivity index (χ3v) is 5.76. The Labute approximate surface area is 182 Å². The van der Waals surface area contributed by atoms with Gasteiger partial charge in [0.2, 0.25) is 0 Å². The van der Waals surface area contributed by atoms with Crippen molar-refractivity contribution in [2.24, 2.45) is 0 Å². The summed E-state index contributed by atoms with van der Waals surface area (Å²) in [6.07, 6.45) is 0.897. The van der Waals surface area contributed by atoms with Gasteiger partial charge in [0.15, 0.2) is 0 Å². The SMILES string of the molecule is CCc1ccc([C@@H]2C(=C(O)c3ccc(C)cc3)C(=O)C(=O)N2Cc2ccccc2)cc1. The second-order valence-corrected chi connectivity index (χ2v) is 7.87. The highest BCUT2D eigenvalue weighted by Crippen LogP contribution is 2.40. The average Bonchev–Trinajstić information content (AvgIpc) is 3.05. The number of rotatable bonds is 5. The first-order valence-electron chi connectivity index (χ1n) is 10.5. The molecule has 1 saturated heterocycles. The van der Waals surface area contributed by atoms with Gasteiger partial charge in [0.1, 0.15) is 5.76 Å². The number of nitrogens with zero attached hydrogens (tertiary/aromatic N) is 1. The first-order valence-corrected chi connectivity index (χ1v) is 10.5. The number of ketones is 1. The van der Waals surface area contributed by atoms with Crippen molar-refractivity contribution >= 4 is 17.4 Å². The molecule has 3 aromatic rings. The smallest absolute Gasteiger partial charge is 0.295 e. The van der Waals surface area contributed by atoms with E-state index in [2.05, 4.69) is 6.92 Å². The van der Waals surface area contributed by atoms with Gasteiger partial charge in [-0.15, -0.1) is 0 Å². The molecule has 31 heavy (non-hydrogen) atoms. The normalized spacial score (nSPS) is 17.9. The molecule has 0 radical (unpaired) electrons. The molecule has 0 unspecified atom stereocenters. The van der Waals surface area contributed by atoms with Gasteiger partial charge in [0, 0.05) is 12.1 Å². The number of benzene rings is 3. The minimum absolute atomic E-state index is 0.133. The van der Waals surface area contributed by atoms with Crippen molar-refractivity contribution in [2.45, 2.75) is 32.9 Å². The zero-order chi connectivity index (χ0) is 22.0. The molecule has 1 fully saturated rings. The van der Waals surface area contributed by atoms with E-state index in [0.29, 0.717) is 5.56 Å². The standard InChI is InChI=1S/C27H25NO3/c1-3-19-11-15-21(16-12-19)24-23(25(29)22-13-9-18(2)10-14-22)26(30)27(31)28(24)17-20-7-5-4-6-8-20/h4-16,24,29H,3,17H2,1-2H3/t24-/m1/s1. The van der Waals surface area contributed by atoms with Gasteiger partial charge in [-0.05, 0) is 30.0 Å². The maximum Gasteiger partial charge on any atom is 0.295 e. The maximum absolute atomic E-state index is 13.1. The molecule has 156 valence electrons. The van der Waals surface area contributed by atoms with Crippen LogP contribution in [0.4, 0.5) is 0 Å². The van der Waals surface area contributed by atoms with Gasteiger partial charge >= 0.3 is 0 Å². The number of aliphatic hydroxyl groups excluding tert-OH is 1. The van der Waals surface area contributed by atoms with Gasteiger partial charge in [-0.2, -0.15) is 0 Å². The lowest BCUT2D eigenvalue weighted by molar-refractivity contribution is -0.140.